The minimum atomic E-state index is 0.158. The van der Waals surface area contributed by atoms with Crippen molar-refractivity contribution in [3.63, 3.8) is 0 Å². The Morgan fingerprint density at radius 3 is 2.30 bits per heavy atom. The van der Waals surface area contributed by atoms with Crippen LogP contribution < -0.4 is 4.74 Å². The van der Waals surface area contributed by atoms with Crippen molar-refractivity contribution in [1.82, 2.24) is 0 Å². The van der Waals surface area contributed by atoms with Gasteiger partial charge in [0.25, 0.3) is 0 Å². The van der Waals surface area contributed by atoms with Gasteiger partial charge in [0, 0.05) is 5.56 Å². The molecule has 2 aromatic carbocycles. The van der Waals surface area contributed by atoms with Crippen LogP contribution in [0.5, 0.6) is 5.75 Å². The molecule has 2 aromatic rings. The topological polar surface area (TPSA) is 9.23 Å². The first-order valence-electron chi connectivity index (χ1n) is 6.98. The maximum atomic E-state index is 5.78. The van der Waals surface area contributed by atoms with Crippen LogP contribution in [-0.4, -0.2) is 6.61 Å². The second-order valence-electron chi connectivity index (χ2n) is 5.14. The maximum absolute atomic E-state index is 5.78. The number of rotatable bonds is 4. The van der Waals surface area contributed by atoms with Crippen molar-refractivity contribution in [2.45, 2.75) is 32.5 Å². The van der Waals surface area contributed by atoms with Gasteiger partial charge in [-0.1, -0.05) is 51.8 Å². The summed E-state index contributed by atoms with van der Waals surface area (Å²) >= 11 is 3.87. The Morgan fingerprint density at radius 1 is 1.05 bits per heavy atom. The average molecular weight is 333 g/mol. The van der Waals surface area contributed by atoms with E-state index in [4.69, 9.17) is 4.74 Å². The highest BCUT2D eigenvalue weighted by molar-refractivity contribution is 9.09. The molecule has 0 N–H and O–H groups in total. The third-order valence-electron chi connectivity index (χ3n) is 3.53. The molecule has 20 heavy (non-hydrogen) atoms. The lowest BCUT2D eigenvalue weighted by Crippen LogP contribution is -2.03. The number of alkyl halides is 1. The largest absolute Gasteiger partial charge is 0.494 e. The van der Waals surface area contributed by atoms with Crippen LogP contribution in [0, 0.1) is 20.8 Å². The van der Waals surface area contributed by atoms with Crippen LogP contribution in [0.4, 0.5) is 0 Å². The Balaban J connectivity index is 2.52. The lowest BCUT2D eigenvalue weighted by atomic mass is 9.95. The number of hydrogen-bond acceptors (Lipinski definition) is 1. The summed E-state index contributed by atoms with van der Waals surface area (Å²) in [6.45, 7) is 9.14. The van der Waals surface area contributed by atoms with Gasteiger partial charge in [-0.25, -0.2) is 0 Å². The molecular weight excluding hydrogens is 312 g/mol. The SMILES string of the molecule is CCOc1ccc(C)cc1C(Br)c1c(C)cccc1C. The Labute approximate surface area is 130 Å². The molecule has 1 nitrogen and oxygen atoms in total. The molecule has 1 unspecified atom stereocenters. The lowest BCUT2D eigenvalue weighted by molar-refractivity contribution is 0.337. The Morgan fingerprint density at radius 2 is 1.70 bits per heavy atom. The molecule has 0 aliphatic carbocycles. The van der Waals surface area contributed by atoms with Gasteiger partial charge >= 0.3 is 0 Å². The van der Waals surface area contributed by atoms with Crippen LogP contribution in [0.2, 0.25) is 0 Å². The van der Waals surface area contributed by atoms with Gasteiger partial charge in [-0.15, -0.1) is 0 Å². The van der Waals surface area contributed by atoms with E-state index >= 15 is 0 Å². The van der Waals surface area contributed by atoms with Gasteiger partial charge in [0.1, 0.15) is 5.75 Å². The summed E-state index contributed by atoms with van der Waals surface area (Å²) in [5.41, 5.74) is 6.38. The van der Waals surface area contributed by atoms with Gasteiger partial charge in [0.05, 0.1) is 11.4 Å². The minimum Gasteiger partial charge on any atom is -0.494 e. The minimum absolute atomic E-state index is 0.158. The fourth-order valence-corrected chi connectivity index (χ4v) is 3.62. The fourth-order valence-electron chi connectivity index (χ4n) is 2.54. The Kier molecular flexibility index (Phi) is 4.87. The molecule has 0 bridgehead atoms. The van der Waals surface area contributed by atoms with Crippen molar-refractivity contribution in [1.29, 1.82) is 0 Å². The summed E-state index contributed by atoms with van der Waals surface area (Å²) in [4.78, 5) is 0.158. The van der Waals surface area contributed by atoms with E-state index in [1.54, 1.807) is 0 Å². The normalized spacial score (nSPS) is 12.2. The van der Waals surface area contributed by atoms with Gasteiger partial charge < -0.3 is 4.74 Å². The van der Waals surface area contributed by atoms with Crippen molar-refractivity contribution in [3.05, 3.63) is 64.2 Å². The van der Waals surface area contributed by atoms with Crippen molar-refractivity contribution >= 4 is 15.9 Å². The predicted molar refractivity (Wildman–Crippen MR) is 89.0 cm³/mol. The zero-order valence-corrected chi connectivity index (χ0v) is 14.1. The molecule has 106 valence electrons. The molecule has 0 fully saturated rings. The zero-order valence-electron chi connectivity index (χ0n) is 12.5. The van der Waals surface area contributed by atoms with Crippen molar-refractivity contribution in [3.8, 4) is 5.75 Å². The van der Waals surface area contributed by atoms with E-state index in [0.29, 0.717) is 6.61 Å². The van der Waals surface area contributed by atoms with Gasteiger partial charge in [-0.3, -0.25) is 0 Å². The van der Waals surface area contributed by atoms with Crippen LogP contribution in [0.1, 0.15) is 39.6 Å². The van der Waals surface area contributed by atoms with Crippen LogP contribution in [0.3, 0.4) is 0 Å². The first-order valence-corrected chi connectivity index (χ1v) is 7.89. The van der Waals surface area contributed by atoms with Gasteiger partial charge in [0.15, 0.2) is 0 Å². The third-order valence-corrected chi connectivity index (χ3v) is 4.48. The molecule has 0 aliphatic rings. The van der Waals surface area contributed by atoms with Crippen molar-refractivity contribution in [2.24, 2.45) is 0 Å². The highest BCUT2D eigenvalue weighted by Crippen LogP contribution is 2.39. The van der Waals surface area contributed by atoms with E-state index in [1.807, 2.05) is 6.92 Å². The van der Waals surface area contributed by atoms with E-state index in [9.17, 15) is 0 Å². The second-order valence-corrected chi connectivity index (χ2v) is 6.06. The van der Waals surface area contributed by atoms with Crippen LogP contribution in [0.25, 0.3) is 0 Å². The molecule has 0 aromatic heterocycles. The first-order chi connectivity index (χ1) is 9.54. The number of hydrogen-bond donors (Lipinski definition) is 0. The summed E-state index contributed by atoms with van der Waals surface area (Å²) in [5, 5.41) is 0. The summed E-state index contributed by atoms with van der Waals surface area (Å²) in [6.07, 6.45) is 0. The number of ether oxygens (including phenoxy) is 1. The Hall–Kier alpha value is -1.28. The highest BCUT2D eigenvalue weighted by atomic mass is 79.9. The third kappa shape index (κ3) is 3.06. The number of halogens is 1. The maximum Gasteiger partial charge on any atom is 0.123 e. The van der Waals surface area contributed by atoms with Crippen LogP contribution in [-0.2, 0) is 0 Å². The zero-order chi connectivity index (χ0) is 14.7. The first kappa shape index (κ1) is 15.1. The van der Waals surface area contributed by atoms with E-state index < -0.39 is 0 Å². The molecule has 2 heteroatoms. The number of aryl methyl sites for hydroxylation is 3. The van der Waals surface area contributed by atoms with Gasteiger partial charge in [-0.05, 0) is 50.5 Å². The van der Waals surface area contributed by atoms with Crippen LogP contribution >= 0.6 is 15.9 Å². The standard InChI is InChI=1S/C18H21BrO/c1-5-20-16-10-9-12(2)11-15(16)18(19)17-13(3)7-6-8-14(17)4/h6-11,18H,5H2,1-4H3. The molecule has 0 spiro atoms. The van der Waals surface area contributed by atoms with Gasteiger partial charge in [-0.2, -0.15) is 0 Å². The average Bonchev–Trinajstić information content (AvgIpc) is 2.40. The molecule has 0 radical (unpaired) electrons. The molecule has 0 saturated heterocycles. The van der Waals surface area contributed by atoms with E-state index in [1.165, 1.54) is 27.8 Å². The molecule has 2 rings (SSSR count). The smallest absolute Gasteiger partial charge is 0.123 e. The molecule has 0 heterocycles. The van der Waals surface area contributed by atoms with E-state index in [2.05, 4.69) is 73.1 Å². The number of benzene rings is 2. The molecule has 0 aliphatic heterocycles. The fraction of sp³-hybridized carbons (Fsp3) is 0.333. The summed E-state index contributed by atoms with van der Waals surface area (Å²) in [7, 11) is 0. The summed E-state index contributed by atoms with van der Waals surface area (Å²) in [5.74, 6) is 0.961. The van der Waals surface area contributed by atoms with E-state index in [0.717, 1.165) is 5.75 Å². The molecule has 1 atom stereocenters. The van der Waals surface area contributed by atoms with Crippen molar-refractivity contribution in [2.75, 3.05) is 6.61 Å². The quantitative estimate of drug-likeness (QED) is 0.672. The summed E-state index contributed by atoms with van der Waals surface area (Å²) in [6, 6.07) is 12.8. The van der Waals surface area contributed by atoms with E-state index in [-0.39, 0.29) is 4.83 Å². The molecular formula is C18H21BrO. The van der Waals surface area contributed by atoms with Gasteiger partial charge in [0.2, 0.25) is 0 Å². The monoisotopic (exact) mass is 332 g/mol. The Bertz CT molecular complexity index is 584. The summed E-state index contributed by atoms with van der Waals surface area (Å²) < 4.78 is 5.78. The lowest BCUT2D eigenvalue weighted by Gasteiger charge is -2.20. The second kappa shape index (κ2) is 6.45. The predicted octanol–water partition coefficient (Wildman–Crippen LogP) is 5.49. The molecule has 0 saturated carbocycles. The van der Waals surface area contributed by atoms with Crippen molar-refractivity contribution < 1.29 is 4.74 Å². The highest BCUT2D eigenvalue weighted by Gasteiger charge is 2.19. The van der Waals surface area contributed by atoms with Crippen LogP contribution in [0.15, 0.2) is 36.4 Å². The molecule has 0 amide bonds.